The highest BCUT2D eigenvalue weighted by Crippen LogP contribution is 2.42. The molecule has 2 saturated carbocycles. The summed E-state index contributed by atoms with van der Waals surface area (Å²) in [5.74, 6) is 0.280. The second kappa shape index (κ2) is 7.36. The number of sulfone groups is 1. The Labute approximate surface area is 167 Å². The van der Waals surface area contributed by atoms with Gasteiger partial charge in [0.1, 0.15) is 0 Å². The van der Waals surface area contributed by atoms with Crippen LogP contribution >= 0.6 is 11.3 Å². The predicted octanol–water partition coefficient (Wildman–Crippen LogP) is 3.62. The van der Waals surface area contributed by atoms with Crippen LogP contribution in [0.5, 0.6) is 0 Å². The number of anilines is 1. The Balaban J connectivity index is 1.56. The van der Waals surface area contributed by atoms with E-state index in [0.29, 0.717) is 29.0 Å². The minimum atomic E-state index is -3.37. The Morgan fingerprint density at radius 3 is 2.54 bits per heavy atom. The van der Waals surface area contributed by atoms with Crippen LogP contribution in [0.2, 0.25) is 0 Å². The number of aromatic nitrogens is 1. The molecular weight excluding hydrogens is 398 g/mol. The van der Waals surface area contributed by atoms with Crippen LogP contribution in [0, 0.1) is 0 Å². The van der Waals surface area contributed by atoms with Crippen LogP contribution < -0.4 is 11.1 Å². The molecule has 0 unspecified atom stereocenters. The summed E-state index contributed by atoms with van der Waals surface area (Å²) in [5.41, 5.74) is 6.98. The molecule has 28 heavy (non-hydrogen) atoms. The molecule has 150 valence electrons. The number of nitrogen functional groups attached to an aromatic ring is 1. The Bertz CT molecular complexity index is 990. The van der Waals surface area contributed by atoms with Crippen molar-refractivity contribution in [3.8, 4) is 10.4 Å². The van der Waals surface area contributed by atoms with Crippen LogP contribution in [0.1, 0.15) is 49.5 Å². The molecule has 2 aliphatic carbocycles. The highest BCUT2D eigenvalue weighted by Gasteiger charge is 2.38. The summed E-state index contributed by atoms with van der Waals surface area (Å²) in [5, 5.41) is 12.1. The largest absolute Gasteiger partial charge is 0.465 e. The van der Waals surface area contributed by atoms with E-state index in [9.17, 15) is 13.2 Å². The number of carbonyl (C=O) groups is 1. The predicted molar refractivity (Wildman–Crippen MR) is 108 cm³/mol. The van der Waals surface area contributed by atoms with Gasteiger partial charge in [-0.25, -0.2) is 18.2 Å². The second-order valence-corrected chi connectivity index (χ2v) is 10.8. The maximum atomic E-state index is 12.8. The van der Waals surface area contributed by atoms with Crippen molar-refractivity contribution in [1.29, 1.82) is 0 Å². The average Bonchev–Trinajstić information content (AvgIpc) is 3.41. The standard InChI is InChI=1S/C19H23N3O4S2/c20-12-3-8-15(17(9-12)28(25,26)14-6-7-14)16-10-21-18(27-16)11-1-4-13(5-2-11)22-19(23)24/h3,8-11,13-14,22H,1-2,4-7,20H2,(H,23,24). The number of amides is 1. The van der Waals surface area contributed by atoms with Gasteiger partial charge in [0.2, 0.25) is 0 Å². The summed E-state index contributed by atoms with van der Waals surface area (Å²) >= 11 is 1.52. The summed E-state index contributed by atoms with van der Waals surface area (Å²) < 4.78 is 25.7. The van der Waals surface area contributed by atoms with Gasteiger partial charge in [-0.1, -0.05) is 6.07 Å². The van der Waals surface area contributed by atoms with Crippen molar-refractivity contribution in [2.45, 2.75) is 60.6 Å². The van der Waals surface area contributed by atoms with Crippen molar-refractivity contribution < 1.29 is 18.3 Å². The van der Waals surface area contributed by atoms with Gasteiger partial charge in [0.15, 0.2) is 9.84 Å². The zero-order valence-electron chi connectivity index (χ0n) is 15.3. The van der Waals surface area contributed by atoms with Gasteiger partial charge in [0, 0.05) is 29.4 Å². The lowest BCUT2D eigenvalue weighted by Gasteiger charge is -2.27. The minimum absolute atomic E-state index is 0.000526. The molecule has 2 fully saturated rings. The molecule has 0 saturated heterocycles. The highest BCUT2D eigenvalue weighted by molar-refractivity contribution is 7.92. The van der Waals surface area contributed by atoms with E-state index in [-0.39, 0.29) is 17.2 Å². The number of rotatable bonds is 5. The normalized spacial score (nSPS) is 22.7. The molecule has 1 aromatic carbocycles. The molecule has 0 bridgehead atoms. The lowest BCUT2D eigenvalue weighted by molar-refractivity contribution is 0.185. The van der Waals surface area contributed by atoms with Crippen LogP contribution in [0.4, 0.5) is 10.5 Å². The molecule has 1 aromatic heterocycles. The van der Waals surface area contributed by atoms with Crippen LogP contribution in [0.3, 0.4) is 0 Å². The number of hydrogen-bond donors (Lipinski definition) is 3. The monoisotopic (exact) mass is 421 g/mol. The molecule has 1 amide bonds. The maximum Gasteiger partial charge on any atom is 0.404 e. The van der Waals surface area contributed by atoms with E-state index in [2.05, 4.69) is 10.3 Å². The molecule has 4 rings (SSSR count). The van der Waals surface area contributed by atoms with Gasteiger partial charge in [0.05, 0.1) is 20.0 Å². The summed E-state index contributed by atoms with van der Waals surface area (Å²) in [6, 6.07) is 5.06. The third-order valence-corrected chi connectivity index (χ3v) is 8.96. The third kappa shape index (κ3) is 3.86. The average molecular weight is 422 g/mol. The highest BCUT2D eigenvalue weighted by atomic mass is 32.2. The summed E-state index contributed by atoms with van der Waals surface area (Å²) in [6.07, 6.45) is 5.49. The fourth-order valence-corrected chi connectivity index (χ4v) is 6.89. The molecule has 0 radical (unpaired) electrons. The van der Waals surface area contributed by atoms with Crippen molar-refractivity contribution in [2.75, 3.05) is 5.73 Å². The number of nitrogens with one attached hydrogen (secondary N) is 1. The number of nitrogens with zero attached hydrogens (tertiary/aromatic N) is 1. The Kier molecular flexibility index (Phi) is 5.05. The molecule has 1 heterocycles. The van der Waals surface area contributed by atoms with E-state index >= 15 is 0 Å². The SMILES string of the molecule is Nc1ccc(-c2cnc(C3CCC(NC(=O)O)CC3)s2)c(S(=O)(=O)C2CC2)c1. The first kappa shape index (κ1) is 19.2. The second-order valence-electron chi connectivity index (χ2n) is 7.56. The molecule has 2 aliphatic rings. The van der Waals surface area contributed by atoms with Gasteiger partial charge < -0.3 is 16.2 Å². The zero-order valence-corrected chi connectivity index (χ0v) is 16.9. The fourth-order valence-electron chi connectivity index (χ4n) is 3.80. The zero-order chi connectivity index (χ0) is 19.9. The number of benzene rings is 1. The molecule has 0 spiro atoms. The van der Waals surface area contributed by atoms with Crippen LogP contribution in [-0.2, 0) is 9.84 Å². The number of carboxylic acid groups (broad SMARTS) is 1. The number of hydrogen-bond acceptors (Lipinski definition) is 6. The van der Waals surface area contributed by atoms with E-state index in [1.807, 2.05) is 0 Å². The van der Waals surface area contributed by atoms with Gasteiger partial charge in [-0.2, -0.15) is 0 Å². The lowest BCUT2D eigenvalue weighted by atomic mass is 9.86. The first-order valence-corrected chi connectivity index (χ1v) is 11.8. The molecule has 0 atom stereocenters. The Hall–Kier alpha value is -2.13. The van der Waals surface area contributed by atoms with Crippen LogP contribution in [-0.4, -0.2) is 35.9 Å². The summed E-state index contributed by atoms with van der Waals surface area (Å²) in [6.45, 7) is 0. The van der Waals surface area contributed by atoms with Gasteiger partial charge in [0.25, 0.3) is 0 Å². The fraction of sp³-hybridized carbons (Fsp3) is 0.474. The molecule has 7 nitrogen and oxygen atoms in total. The van der Waals surface area contributed by atoms with Crippen molar-refractivity contribution in [3.05, 3.63) is 29.4 Å². The smallest absolute Gasteiger partial charge is 0.404 e. The van der Waals surface area contributed by atoms with E-state index in [1.165, 1.54) is 11.3 Å². The molecule has 0 aliphatic heterocycles. The first-order chi connectivity index (χ1) is 13.3. The Morgan fingerprint density at radius 1 is 1.18 bits per heavy atom. The minimum Gasteiger partial charge on any atom is -0.465 e. The van der Waals surface area contributed by atoms with E-state index in [1.54, 1.807) is 24.4 Å². The molecule has 2 aromatic rings. The summed E-state index contributed by atoms with van der Waals surface area (Å²) in [7, 11) is -3.37. The van der Waals surface area contributed by atoms with E-state index in [4.69, 9.17) is 10.8 Å². The maximum absolute atomic E-state index is 12.8. The van der Waals surface area contributed by atoms with Gasteiger partial charge in [-0.15, -0.1) is 11.3 Å². The number of thiazole rings is 1. The quantitative estimate of drug-likeness (QED) is 0.634. The topological polar surface area (TPSA) is 122 Å². The lowest BCUT2D eigenvalue weighted by Crippen LogP contribution is -2.36. The van der Waals surface area contributed by atoms with Gasteiger partial charge in [-0.05, 0) is 50.7 Å². The number of nitrogens with two attached hydrogens (primary N) is 1. The van der Waals surface area contributed by atoms with E-state index < -0.39 is 15.9 Å². The molecule has 4 N–H and O–H groups in total. The van der Waals surface area contributed by atoms with Crippen LogP contribution in [0.15, 0.2) is 29.3 Å². The van der Waals surface area contributed by atoms with E-state index in [0.717, 1.165) is 35.6 Å². The van der Waals surface area contributed by atoms with Crippen molar-refractivity contribution in [3.63, 3.8) is 0 Å². The van der Waals surface area contributed by atoms with Crippen molar-refractivity contribution >= 4 is 33.0 Å². The molecular formula is C19H23N3O4S2. The first-order valence-electron chi connectivity index (χ1n) is 9.43. The third-order valence-electron chi connectivity index (χ3n) is 5.47. The van der Waals surface area contributed by atoms with Crippen LogP contribution in [0.25, 0.3) is 10.4 Å². The van der Waals surface area contributed by atoms with Crippen molar-refractivity contribution in [1.82, 2.24) is 10.3 Å². The van der Waals surface area contributed by atoms with Gasteiger partial charge in [-0.3, -0.25) is 0 Å². The summed E-state index contributed by atoms with van der Waals surface area (Å²) in [4.78, 5) is 16.5. The van der Waals surface area contributed by atoms with Gasteiger partial charge >= 0.3 is 6.09 Å². The molecule has 9 heteroatoms. The van der Waals surface area contributed by atoms with Crippen molar-refractivity contribution in [2.24, 2.45) is 0 Å². The Morgan fingerprint density at radius 2 is 1.89 bits per heavy atom.